The predicted molar refractivity (Wildman–Crippen MR) is 124 cm³/mol. The number of rotatable bonds is 10. The minimum Gasteiger partial charge on any atom is -0.455 e. The molecular formula is C25H25N3O5. The predicted octanol–water partition coefficient (Wildman–Crippen LogP) is 4.09. The molecule has 0 heterocycles. The molecule has 0 aliphatic heterocycles. The van der Waals surface area contributed by atoms with Crippen LogP contribution in [-0.2, 0) is 27.4 Å². The lowest BCUT2D eigenvalue weighted by atomic mass is 10.1. The van der Waals surface area contributed by atoms with Crippen LogP contribution in [0, 0.1) is 17.0 Å². The van der Waals surface area contributed by atoms with Gasteiger partial charge < -0.3 is 10.1 Å². The number of aryl methyl sites for hydroxylation is 1. The zero-order valence-corrected chi connectivity index (χ0v) is 18.3. The smallest absolute Gasteiger partial charge is 0.320 e. The summed E-state index contributed by atoms with van der Waals surface area (Å²) in [5, 5.41) is 13.6. The minimum absolute atomic E-state index is 0.00702. The quantitative estimate of drug-likeness (QED) is 0.285. The fourth-order valence-corrected chi connectivity index (χ4v) is 3.31. The first-order valence-electron chi connectivity index (χ1n) is 10.4. The van der Waals surface area contributed by atoms with Crippen molar-refractivity contribution in [2.45, 2.75) is 20.0 Å². The Bertz CT molecular complexity index is 1060. The Hall–Kier alpha value is -4.04. The molecule has 0 saturated heterocycles. The van der Waals surface area contributed by atoms with E-state index < -0.39 is 23.4 Å². The van der Waals surface area contributed by atoms with E-state index in [0.717, 1.165) is 11.1 Å². The Morgan fingerprint density at radius 2 is 1.52 bits per heavy atom. The number of carbonyl (C=O) groups is 2. The highest BCUT2D eigenvalue weighted by molar-refractivity contribution is 5.93. The van der Waals surface area contributed by atoms with Crippen LogP contribution in [0.4, 0.5) is 11.4 Å². The molecule has 8 heteroatoms. The molecule has 1 amide bonds. The van der Waals surface area contributed by atoms with Crippen LogP contribution in [0.15, 0.2) is 78.9 Å². The molecule has 33 heavy (non-hydrogen) atoms. The number of amides is 1. The summed E-state index contributed by atoms with van der Waals surface area (Å²) in [5.41, 5.74) is 2.77. The van der Waals surface area contributed by atoms with Gasteiger partial charge in [-0.2, -0.15) is 0 Å². The average molecular weight is 447 g/mol. The SMILES string of the molecule is Cc1ccc(NC(=O)COC(=O)CN(Cc2ccccc2)Cc2ccccc2)cc1[N+](=O)[O-]. The topological polar surface area (TPSA) is 102 Å². The van der Waals surface area contributed by atoms with E-state index >= 15 is 0 Å². The van der Waals surface area contributed by atoms with E-state index in [1.165, 1.54) is 6.07 Å². The van der Waals surface area contributed by atoms with Gasteiger partial charge in [0.15, 0.2) is 6.61 Å². The molecule has 3 aromatic carbocycles. The normalized spacial score (nSPS) is 10.6. The number of nitro benzene ring substituents is 1. The number of anilines is 1. The number of esters is 1. The maximum absolute atomic E-state index is 12.4. The van der Waals surface area contributed by atoms with Gasteiger partial charge in [0, 0.05) is 30.4 Å². The van der Waals surface area contributed by atoms with E-state index in [4.69, 9.17) is 4.74 Å². The maximum Gasteiger partial charge on any atom is 0.320 e. The molecule has 3 aromatic rings. The van der Waals surface area contributed by atoms with Gasteiger partial charge in [-0.15, -0.1) is 0 Å². The zero-order chi connectivity index (χ0) is 23.6. The number of hydrogen-bond donors (Lipinski definition) is 1. The van der Waals surface area contributed by atoms with Crippen LogP contribution in [0.25, 0.3) is 0 Å². The Morgan fingerprint density at radius 3 is 2.06 bits per heavy atom. The van der Waals surface area contributed by atoms with Gasteiger partial charge in [0.05, 0.1) is 11.5 Å². The molecule has 170 valence electrons. The summed E-state index contributed by atoms with van der Waals surface area (Å²) in [7, 11) is 0. The number of nitrogens with zero attached hydrogens (tertiary/aromatic N) is 2. The van der Waals surface area contributed by atoms with Gasteiger partial charge in [-0.3, -0.25) is 24.6 Å². The molecule has 0 fully saturated rings. The number of hydrogen-bond acceptors (Lipinski definition) is 6. The second-order valence-corrected chi connectivity index (χ2v) is 7.58. The average Bonchev–Trinajstić information content (AvgIpc) is 2.80. The summed E-state index contributed by atoms with van der Waals surface area (Å²) >= 11 is 0. The van der Waals surface area contributed by atoms with E-state index in [1.54, 1.807) is 19.1 Å². The van der Waals surface area contributed by atoms with E-state index in [9.17, 15) is 19.7 Å². The van der Waals surface area contributed by atoms with Crippen molar-refractivity contribution in [3.05, 3.63) is 106 Å². The highest BCUT2D eigenvalue weighted by Gasteiger charge is 2.16. The van der Waals surface area contributed by atoms with Crippen LogP contribution >= 0.6 is 0 Å². The third kappa shape index (κ3) is 7.55. The molecule has 0 aromatic heterocycles. The number of ether oxygens (including phenoxy) is 1. The second kappa shape index (κ2) is 11.5. The van der Waals surface area contributed by atoms with Gasteiger partial charge in [-0.1, -0.05) is 66.7 Å². The first-order valence-corrected chi connectivity index (χ1v) is 10.4. The van der Waals surface area contributed by atoms with Crippen LogP contribution in [0.5, 0.6) is 0 Å². The van der Waals surface area contributed by atoms with Crippen LogP contribution in [0.3, 0.4) is 0 Å². The number of carbonyl (C=O) groups excluding carboxylic acids is 2. The molecular weight excluding hydrogens is 422 g/mol. The van der Waals surface area contributed by atoms with Gasteiger partial charge in [0.25, 0.3) is 11.6 Å². The number of nitro groups is 1. The van der Waals surface area contributed by atoms with Gasteiger partial charge in [0.2, 0.25) is 0 Å². The molecule has 0 unspecified atom stereocenters. The monoisotopic (exact) mass is 447 g/mol. The van der Waals surface area contributed by atoms with Crippen molar-refractivity contribution in [3.63, 3.8) is 0 Å². The lowest BCUT2D eigenvalue weighted by Crippen LogP contribution is -2.32. The van der Waals surface area contributed by atoms with Gasteiger partial charge in [-0.05, 0) is 24.1 Å². The van der Waals surface area contributed by atoms with Gasteiger partial charge in [-0.25, -0.2) is 0 Å². The van der Waals surface area contributed by atoms with Crippen LogP contribution in [-0.4, -0.2) is 34.9 Å². The lowest BCUT2D eigenvalue weighted by Gasteiger charge is -2.21. The first kappa shape index (κ1) is 23.6. The highest BCUT2D eigenvalue weighted by atomic mass is 16.6. The molecule has 0 spiro atoms. The number of nitrogens with one attached hydrogen (secondary N) is 1. The van der Waals surface area contributed by atoms with E-state index in [0.29, 0.717) is 18.7 Å². The summed E-state index contributed by atoms with van der Waals surface area (Å²) in [6.07, 6.45) is 0. The van der Waals surface area contributed by atoms with Crippen molar-refractivity contribution in [2.24, 2.45) is 0 Å². The van der Waals surface area contributed by atoms with Crippen molar-refractivity contribution >= 4 is 23.3 Å². The molecule has 3 rings (SSSR count). The van der Waals surface area contributed by atoms with Crippen LogP contribution in [0.1, 0.15) is 16.7 Å². The Labute approximate surface area is 191 Å². The molecule has 0 bridgehead atoms. The maximum atomic E-state index is 12.4. The summed E-state index contributed by atoms with van der Waals surface area (Å²) < 4.78 is 5.16. The van der Waals surface area contributed by atoms with E-state index in [2.05, 4.69) is 5.32 Å². The molecule has 0 aliphatic carbocycles. The Kier molecular flexibility index (Phi) is 8.26. The van der Waals surface area contributed by atoms with Crippen molar-refractivity contribution in [1.29, 1.82) is 0 Å². The van der Waals surface area contributed by atoms with E-state index in [1.807, 2.05) is 65.6 Å². The zero-order valence-electron chi connectivity index (χ0n) is 18.3. The summed E-state index contributed by atoms with van der Waals surface area (Å²) in [6, 6.07) is 23.9. The van der Waals surface area contributed by atoms with Gasteiger partial charge >= 0.3 is 5.97 Å². The summed E-state index contributed by atoms with van der Waals surface area (Å²) in [4.78, 5) is 37.1. The van der Waals surface area contributed by atoms with Crippen molar-refractivity contribution in [2.75, 3.05) is 18.5 Å². The molecule has 0 aliphatic rings. The fraction of sp³-hybridized carbons (Fsp3) is 0.200. The van der Waals surface area contributed by atoms with Crippen molar-refractivity contribution in [3.8, 4) is 0 Å². The van der Waals surface area contributed by atoms with Crippen LogP contribution < -0.4 is 5.32 Å². The fourth-order valence-electron chi connectivity index (χ4n) is 3.31. The third-order valence-corrected chi connectivity index (χ3v) is 4.90. The summed E-state index contributed by atoms with van der Waals surface area (Å²) in [6.45, 7) is 2.23. The lowest BCUT2D eigenvalue weighted by molar-refractivity contribution is -0.385. The molecule has 8 nitrogen and oxygen atoms in total. The third-order valence-electron chi connectivity index (χ3n) is 4.90. The Morgan fingerprint density at radius 1 is 0.939 bits per heavy atom. The molecule has 0 atom stereocenters. The van der Waals surface area contributed by atoms with Gasteiger partial charge in [0.1, 0.15) is 0 Å². The Balaban J connectivity index is 1.56. The largest absolute Gasteiger partial charge is 0.455 e. The van der Waals surface area contributed by atoms with Crippen LogP contribution in [0.2, 0.25) is 0 Å². The molecule has 1 N–H and O–H groups in total. The first-order chi connectivity index (χ1) is 15.9. The number of benzene rings is 3. The molecule has 0 saturated carbocycles. The second-order valence-electron chi connectivity index (χ2n) is 7.58. The highest BCUT2D eigenvalue weighted by Crippen LogP contribution is 2.22. The van der Waals surface area contributed by atoms with Crippen molar-refractivity contribution < 1.29 is 19.2 Å². The van der Waals surface area contributed by atoms with Crippen molar-refractivity contribution in [1.82, 2.24) is 4.90 Å². The minimum atomic E-state index is -0.570. The standard InChI is InChI=1S/C25H25N3O5/c1-19-12-13-22(14-23(19)28(31)32)26-24(29)18-33-25(30)17-27(15-20-8-4-2-5-9-20)16-21-10-6-3-7-11-21/h2-14H,15-18H2,1H3,(H,26,29). The summed E-state index contributed by atoms with van der Waals surface area (Å²) in [5.74, 6) is -1.11. The molecule has 0 radical (unpaired) electrons. The van der Waals surface area contributed by atoms with E-state index in [-0.39, 0.29) is 17.9 Å².